The molecule has 6 nitrogen and oxygen atoms in total. The molecule has 0 bridgehead atoms. The zero-order valence-corrected chi connectivity index (χ0v) is 15.4. The van der Waals surface area contributed by atoms with Gasteiger partial charge in [0.1, 0.15) is 11.4 Å². The third-order valence-electron chi connectivity index (χ3n) is 4.19. The second-order valence-electron chi connectivity index (χ2n) is 6.24. The lowest BCUT2D eigenvalue weighted by Gasteiger charge is -2.41. The molecule has 0 spiro atoms. The lowest BCUT2D eigenvalue weighted by Crippen LogP contribution is -2.42. The van der Waals surface area contributed by atoms with E-state index < -0.39 is 15.6 Å². The first-order valence-corrected chi connectivity index (χ1v) is 9.16. The van der Waals surface area contributed by atoms with E-state index in [1.807, 2.05) is 13.8 Å². The average molecular weight is 343 g/mol. The van der Waals surface area contributed by atoms with Gasteiger partial charge in [-0.05, 0) is 26.8 Å². The molecule has 2 rings (SSSR count). The van der Waals surface area contributed by atoms with Gasteiger partial charge < -0.3 is 14.2 Å². The van der Waals surface area contributed by atoms with E-state index in [1.54, 1.807) is 40.3 Å². The molecule has 0 aliphatic carbocycles. The number of benzene rings is 1. The van der Waals surface area contributed by atoms with Crippen molar-refractivity contribution in [2.24, 2.45) is 0 Å². The highest BCUT2D eigenvalue weighted by Crippen LogP contribution is 2.47. The molecule has 1 aromatic carbocycles. The van der Waals surface area contributed by atoms with Crippen LogP contribution in [0.5, 0.6) is 17.2 Å². The minimum absolute atomic E-state index is 0.0594. The van der Waals surface area contributed by atoms with Crippen molar-refractivity contribution in [1.29, 1.82) is 0 Å². The van der Waals surface area contributed by atoms with Crippen LogP contribution in [0.4, 0.5) is 0 Å². The first-order valence-electron chi connectivity index (χ1n) is 7.56. The summed E-state index contributed by atoms with van der Waals surface area (Å²) in [5.41, 5.74) is 0.316. The Labute approximate surface area is 138 Å². The maximum absolute atomic E-state index is 12.3. The van der Waals surface area contributed by atoms with Crippen molar-refractivity contribution < 1.29 is 22.6 Å². The Balaban J connectivity index is 2.59. The smallest absolute Gasteiger partial charge is 0.214 e. The van der Waals surface area contributed by atoms with Gasteiger partial charge in [0.15, 0.2) is 11.5 Å². The molecule has 1 heterocycles. The summed E-state index contributed by atoms with van der Waals surface area (Å²) in [6.07, 6.45) is 0.561. The number of rotatable bonds is 5. The van der Waals surface area contributed by atoms with Crippen LogP contribution in [0.15, 0.2) is 12.1 Å². The second-order valence-corrected chi connectivity index (χ2v) is 8.56. The van der Waals surface area contributed by atoms with Crippen molar-refractivity contribution in [2.75, 3.05) is 27.0 Å². The molecule has 0 radical (unpaired) electrons. The van der Waals surface area contributed by atoms with Crippen molar-refractivity contribution in [3.63, 3.8) is 0 Å². The molecular weight excluding hydrogens is 318 g/mol. The standard InChI is InChI=1S/C16H25NO5S/c1-7-23(18,19)17(4)12-10-16(2,3)22-13-9-15(21-6)14(20-5)8-11(12)13/h8-9,12H,7,10H2,1-6H3. The SMILES string of the molecule is CCS(=O)(=O)N(C)C1CC(C)(C)Oc2cc(OC)c(OC)cc21. The monoisotopic (exact) mass is 343 g/mol. The van der Waals surface area contributed by atoms with Crippen LogP contribution in [0.2, 0.25) is 0 Å². The fourth-order valence-electron chi connectivity index (χ4n) is 2.86. The number of sulfonamides is 1. The van der Waals surface area contributed by atoms with Crippen LogP contribution in [0.1, 0.15) is 38.8 Å². The highest BCUT2D eigenvalue weighted by atomic mass is 32.2. The molecule has 7 heteroatoms. The molecule has 0 fully saturated rings. The minimum Gasteiger partial charge on any atom is -0.493 e. The predicted octanol–water partition coefficient (Wildman–Crippen LogP) is 2.59. The van der Waals surface area contributed by atoms with Crippen LogP contribution in [-0.4, -0.2) is 45.3 Å². The van der Waals surface area contributed by atoms with Crippen LogP contribution >= 0.6 is 0 Å². The molecule has 130 valence electrons. The van der Waals surface area contributed by atoms with E-state index >= 15 is 0 Å². The minimum atomic E-state index is -3.32. The van der Waals surface area contributed by atoms with Gasteiger partial charge in [-0.3, -0.25) is 0 Å². The van der Waals surface area contributed by atoms with Crippen molar-refractivity contribution >= 4 is 10.0 Å². The molecular formula is C16H25NO5S. The number of nitrogens with zero attached hydrogens (tertiary/aromatic N) is 1. The Morgan fingerprint density at radius 1 is 1.26 bits per heavy atom. The topological polar surface area (TPSA) is 65.1 Å². The summed E-state index contributed by atoms with van der Waals surface area (Å²) < 4.78 is 42.8. The van der Waals surface area contributed by atoms with E-state index in [-0.39, 0.29) is 11.8 Å². The predicted molar refractivity (Wildman–Crippen MR) is 88.8 cm³/mol. The van der Waals surface area contributed by atoms with E-state index in [2.05, 4.69) is 0 Å². The molecule has 0 N–H and O–H groups in total. The number of fused-ring (bicyclic) bond motifs is 1. The fourth-order valence-corrected chi connectivity index (χ4v) is 3.84. The maximum Gasteiger partial charge on any atom is 0.214 e. The Kier molecular flexibility index (Phi) is 4.82. The number of hydrogen-bond acceptors (Lipinski definition) is 5. The summed E-state index contributed by atoms with van der Waals surface area (Å²) in [4.78, 5) is 0. The van der Waals surface area contributed by atoms with E-state index in [0.29, 0.717) is 23.7 Å². The van der Waals surface area contributed by atoms with Gasteiger partial charge in [0.25, 0.3) is 0 Å². The van der Waals surface area contributed by atoms with Crippen molar-refractivity contribution in [3.8, 4) is 17.2 Å². The summed E-state index contributed by atoms with van der Waals surface area (Å²) in [7, 11) is 1.41. The summed E-state index contributed by atoms with van der Waals surface area (Å²) in [5.74, 6) is 1.80. The quantitative estimate of drug-likeness (QED) is 0.822. The highest BCUT2D eigenvalue weighted by molar-refractivity contribution is 7.89. The first-order chi connectivity index (χ1) is 10.6. The third-order valence-corrected chi connectivity index (χ3v) is 6.05. The second kappa shape index (κ2) is 6.20. The van der Waals surface area contributed by atoms with Gasteiger partial charge in [0.2, 0.25) is 10.0 Å². The molecule has 0 saturated carbocycles. The van der Waals surface area contributed by atoms with Gasteiger partial charge in [-0.25, -0.2) is 8.42 Å². The molecule has 23 heavy (non-hydrogen) atoms. The van der Waals surface area contributed by atoms with Crippen LogP contribution in [-0.2, 0) is 10.0 Å². The Bertz CT molecular complexity index is 684. The summed E-state index contributed by atoms with van der Waals surface area (Å²) in [5, 5.41) is 0. The first kappa shape index (κ1) is 17.9. The molecule has 1 aliphatic rings. The van der Waals surface area contributed by atoms with Crippen LogP contribution in [0.25, 0.3) is 0 Å². The van der Waals surface area contributed by atoms with Gasteiger partial charge in [-0.15, -0.1) is 0 Å². The molecule has 0 aromatic heterocycles. The largest absolute Gasteiger partial charge is 0.493 e. The van der Waals surface area contributed by atoms with E-state index in [1.165, 1.54) is 4.31 Å². The number of ether oxygens (including phenoxy) is 3. The summed E-state index contributed by atoms with van der Waals surface area (Å²) >= 11 is 0. The fraction of sp³-hybridized carbons (Fsp3) is 0.625. The van der Waals surface area contributed by atoms with Gasteiger partial charge in [0.05, 0.1) is 26.0 Å². The molecule has 1 unspecified atom stereocenters. The Hall–Kier alpha value is -1.47. The lowest BCUT2D eigenvalue weighted by atomic mass is 9.89. The normalized spacial score (nSPS) is 19.9. The van der Waals surface area contributed by atoms with Crippen molar-refractivity contribution in [3.05, 3.63) is 17.7 Å². The summed E-state index contributed by atoms with van der Waals surface area (Å²) in [6.45, 7) is 5.55. The van der Waals surface area contributed by atoms with Crippen LogP contribution in [0, 0.1) is 0 Å². The highest BCUT2D eigenvalue weighted by Gasteiger charge is 2.39. The number of methoxy groups -OCH3 is 2. The Morgan fingerprint density at radius 3 is 2.35 bits per heavy atom. The zero-order chi connectivity index (χ0) is 17.4. The van der Waals surface area contributed by atoms with Crippen molar-refractivity contribution in [2.45, 2.75) is 38.8 Å². The van der Waals surface area contributed by atoms with Gasteiger partial charge in [0, 0.05) is 25.1 Å². The van der Waals surface area contributed by atoms with E-state index in [4.69, 9.17) is 14.2 Å². The molecule has 0 saturated heterocycles. The van der Waals surface area contributed by atoms with Gasteiger partial charge >= 0.3 is 0 Å². The zero-order valence-electron chi connectivity index (χ0n) is 14.5. The van der Waals surface area contributed by atoms with Gasteiger partial charge in [-0.2, -0.15) is 4.31 Å². The average Bonchev–Trinajstić information content (AvgIpc) is 2.51. The molecule has 1 aliphatic heterocycles. The number of hydrogen-bond donors (Lipinski definition) is 0. The molecule has 1 atom stereocenters. The lowest BCUT2D eigenvalue weighted by molar-refractivity contribution is 0.0536. The van der Waals surface area contributed by atoms with Crippen molar-refractivity contribution in [1.82, 2.24) is 4.31 Å². The molecule has 1 aromatic rings. The summed E-state index contributed by atoms with van der Waals surface area (Å²) in [6, 6.07) is 3.25. The maximum atomic E-state index is 12.3. The van der Waals surface area contributed by atoms with E-state index in [0.717, 1.165) is 5.56 Å². The Morgan fingerprint density at radius 2 is 1.83 bits per heavy atom. The third kappa shape index (κ3) is 3.40. The van der Waals surface area contributed by atoms with Gasteiger partial charge in [-0.1, -0.05) is 0 Å². The van der Waals surface area contributed by atoms with Crippen LogP contribution in [0.3, 0.4) is 0 Å². The molecule has 0 amide bonds. The van der Waals surface area contributed by atoms with E-state index in [9.17, 15) is 8.42 Å². The van der Waals surface area contributed by atoms with Crippen LogP contribution < -0.4 is 14.2 Å².